The minimum atomic E-state index is 0.712. The molecule has 1 saturated heterocycles. The second kappa shape index (κ2) is 4.07. The zero-order valence-corrected chi connectivity index (χ0v) is 7.93. The molecular weight excluding hydrogens is 136 g/mol. The van der Waals surface area contributed by atoms with E-state index < -0.39 is 0 Å². The van der Waals surface area contributed by atoms with Gasteiger partial charge in [0.1, 0.15) is 0 Å². The number of nitrogens with one attached hydrogen (secondary N) is 1. The van der Waals surface area contributed by atoms with E-state index in [1.54, 1.807) is 0 Å². The van der Waals surface area contributed by atoms with Crippen LogP contribution in [0.5, 0.6) is 0 Å². The lowest BCUT2D eigenvalue weighted by Gasteiger charge is -2.34. The minimum absolute atomic E-state index is 0.712. The van der Waals surface area contributed by atoms with Crippen molar-refractivity contribution in [1.82, 2.24) is 10.2 Å². The number of rotatable bonds is 2. The molecule has 0 aromatic carbocycles. The van der Waals surface area contributed by atoms with Crippen molar-refractivity contribution in [3.63, 3.8) is 0 Å². The van der Waals surface area contributed by atoms with Gasteiger partial charge in [0.15, 0.2) is 0 Å². The van der Waals surface area contributed by atoms with Gasteiger partial charge in [-0.25, -0.2) is 0 Å². The number of nitrogens with zero attached hydrogens (tertiary/aromatic N) is 1. The van der Waals surface area contributed by atoms with Crippen molar-refractivity contribution >= 4 is 0 Å². The van der Waals surface area contributed by atoms with Crippen molar-refractivity contribution in [3.8, 4) is 0 Å². The third kappa shape index (κ3) is 2.46. The molecule has 0 aromatic rings. The average molecular weight is 156 g/mol. The molecule has 0 amide bonds. The maximum Gasteiger partial charge on any atom is 0.0218 e. The maximum absolute atomic E-state index is 3.54. The molecule has 0 spiro atoms. The van der Waals surface area contributed by atoms with Crippen LogP contribution in [0.3, 0.4) is 0 Å². The molecule has 0 bridgehead atoms. The van der Waals surface area contributed by atoms with E-state index >= 15 is 0 Å². The summed E-state index contributed by atoms with van der Waals surface area (Å²) in [5.74, 6) is 0.768. The molecule has 1 N–H and O–H groups in total. The van der Waals surface area contributed by atoms with Crippen molar-refractivity contribution in [2.45, 2.75) is 26.8 Å². The minimum Gasteiger partial charge on any atom is -0.311 e. The largest absolute Gasteiger partial charge is 0.311 e. The Hall–Kier alpha value is -0.0800. The predicted octanol–water partition coefficient (Wildman–Crippen LogP) is 0.936. The Bertz CT molecular complexity index is 112. The smallest absolute Gasteiger partial charge is 0.0218 e. The van der Waals surface area contributed by atoms with Gasteiger partial charge in [-0.15, -0.1) is 0 Å². The zero-order chi connectivity index (χ0) is 8.27. The van der Waals surface area contributed by atoms with Gasteiger partial charge in [-0.05, 0) is 12.5 Å². The van der Waals surface area contributed by atoms with E-state index in [1.165, 1.54) is 19.6 Å². The Balaban J connectivity index is 2.33. The number of likely N-dealkylation sites (N-methyl/N-ethyl adjacent to an activating group) is 1. The molecule has 1 aliphatic heterocycles. The van der Waals surface area contributed by atoms with Gasteiger partial charge in [0.05, 0.1) is 0 Å². The standard InChI is InChI=1S/C9H20N2/c1-4-11-6-5-10-9(7-11)8(2)3/h8-10H,4-7H2,1-3H3. The Labute approximate surface area is 70.0 Å². The Morgan fingerprint density at radius 1 is 1.55 bits per heavy atom. The van der Waals surface area contributed by atoms with Crippen LogP contribution in [0.25, 0.3) is 0 Å². The van der Waals surface area contributed by atoms with Crippen LogP contribution in [0.4, 0.5) is 0 Å². The van der Waals surface area contributed by atoms with Crippen molar-refractivity contribution in [2.24, 2.45) is 5.92 Å². The monoisotopic (exact) mass is 156 g/mol. The van der Waals surface area contributed by atoms with Crippen LogP contribution in [0.15, 0.2) is 0 Å². The zero-order valence-electron chi connectivity index (χ0n) is 7.93. The molecule has 66 valence electrons. The van der Waals surface area contributed by atoms with E-state index in [0.717, 1.165) is 12.5 Å². The first kappa shape index (κ1) is 9.01. The SMILES string of the molecule is CCN1CCNC(C(C)C)C1. The van der Waals surface area contributed by atoms with Gasteiger partial charge >= 0.3 is 0 Å². The highest BCUT2D eigenvalue weighted by molar-refractivity contribution is 4.79. The fourth-order valence-corrected chi connectivity index (χ4v) is 1.58. The first-order valence-corrected chi connectivity index (χ1v) is 4.69. The highest BCUT2D eigenvalue weighted by atomic mass is 15.2. The summed E-state index contributed by atoms with van der Waals surface area (Å²) >= 11 is 0. The first-order chi connectivity index (χ1) is 5.24. The Morgan fingerprint density at radius 2 is 2.27 bits per heavy atom. The second-order valence-corrected chi connectivity index (χ2v) is 3.70. The highest BCUT2D eigenvalue weighted by Gasteiger charge is 2.19. The second-order valence-electron chi connectivity index (χ2n) is 3.70. The van der Waals surface area contributed by atoms with E-state index in [-0.39, 0.29) is 0 Å². The number of hydrogen-bond donors (Lipinski definition) is 1. The van der Waals surface area contributed by atoms with Crippen molar-refractivity contribution < 1.29 is 0 Å². The van der Waals surface area contributed by atoms with Gasteiger partial charge in [-0.3, -0.25) is 0 Å². The van der Waals surface area contributed by atoms with Crippen molar-refractivity contribution in [3.05, 3.63) is 0 Å². The van der Waals surface area contributed by atoms with Gasteiger partial charge in [0.25, 0.3) is 0 Å². The lowest BCUT2D eigenvalue weighted by Crippen LogP contribution is -2.52. The van der Waals surface area contributed by atoms with Crippen LogP contribution in [0.2, 0.25) is 0 Å². The van der Waals surface area contributed by atoms with E-state index in [1.807, 2.05) is 0 Å². The molecule has 11 heavy (non-hydrogen) atoms. The summed E-state index contributed by atoms with van der Waals surface area (Å²) in [7, 11) is 0. The van der Waals surface area contributed by atoms with Crippen LogP contribution >= 0.6 is 0 Å². The molecule has 0 saturated carbocycles. The van der Waals surface area contributed by atoms with Crippen LogP contribution in [0.1, 0.15) is 20.8 Å². The maximum atomic E-state index is 3.54. The van der Waals surface area contributed by atoms with Crippen LogP contribution < -0.4 is 5.32 Å². The highest BCUT2D eigenvalue weighted by Crippen LogP contribution is 2.07. The summed E-state index contributed by atoms with van der Waals surface area (Å²) in [4.78, 5) is 2.52. The van der Waals surface area contributed by atoms with E-state index in [2.05, 4.69) is 31.0 Å². The normalized spacial score (nSPS) is 27.8. The Morgan fingerprint density at radius 3 is 2.82 bits per heavy atom. The molecule has 2 nitrogen and oxygen atoms in total. The van der Waals surface area contributed by atoms with E-state index in [4.69, 9.17) is 0 Å². The summed E-state index contributed by atoms with van der Waals surface area (Å²) in [6.45, 7) is 11.6. The molecule has 0 radical (unpaired) electrons. The molecule has 1 unspecified atom stereocenters. The summed E-state index contributed by atoms with van der Waals surface area (Å²) in [5.41, 5.74) is 0. The number of piperazine rings is 1. The fourth-order valence-electron chi connectivity index (χ4n) is 1.58. The molecule has 1 aliphatic rings. The number of hydrogen-bond acceptors (Lipinski definition) is 2. The van der Waals surface area contributed by atoms with E-state index in [9.17, 15) is 0 Å². The van der Waals surface area contributed by atoms with Gasteiger partial charge in [-0.2, -0.15) is 0 Å². The third-order valence-corrected chi connectivity index (χ3v) is 2.54. The predicted molar refractivity (Wildman–Crippen MR) is 48.7 cm³/mol. The molecule has 1 fully saturated rings. The molecule has 1 atom stereocenters. The van der Waals surface area contributed by atoms with Crippen LogP contribution in [-0.4, -0.2) is 37.1 Å². The quantitative estimate of drug-likeness (QED) is 0.640. The summed E-state index contributed by atoms with van der Waals surface area (Å²) in [6.07, 6.45) is 0. The Kier molecular flexibility index (Phi) is 3.34. The molecule has 0 aliphatic carbocycles. The first-order valence-electron chi connectivity index (χ1n) is 4.69. The topological polar surface area (TPSA) is 15.3 Å². The van der Waals surface area contributed by atoms with Crippen molar-refractivity contribution in [1.29, 1.82) is 0 Å². The van der Waals surface area contributed by atoms with Crippen molar-refractivity contribution in [2.75, 3.05) is 26.2 Å². The lowest BCUT2D eigenvalue weighted by molar-refractivity contribution is 0.182. The van der Waals surface area contributed by atoms with Gasteiger partial charge in [0.2, 0.25) is 0 Å². The summed E-state index contributed by atoms with van der Waals surface area (Å²) in [5, 5.41) is 3.54. The van der Waals surface area contributed by atoms with Gasteiger partial charge < -0.3 is 10.2 Å². The molecular formula is C9H20N2. The van der Waals surface area contributed by atoms with Crippen LogP contribution in [-0.2, 0) is 0 Å². The molecule has 0 aromatic heterocycles. The van der Waals surface area contributed by atoms with Gasteiger partial charge in [-0.1, -0.05) is 20.8 Å². The molecule has 1 rings (SSSR count). The fraction of sp³-hybridized carbons (Fsp3) is 1.00. The van der Waals surface area contributed by atoms with Gasteiger partial charge in [0, 0.05) is 25.7 Å². The molecule has 1 heterocycles. The average Bonchev–Trinajstić information content (AvgIpc) is 2.05. The summed E-state index contributed by atoms with van der Waals surface area (Å²) in [6, 6.07) is 0.712. The molecule has 2 heteroatoms. The third-order valence-electron chi connectivity index (χ3n) is 2.54. The van der Waals surface area contributed by atoms with E-state index in [0.29, 0.717) is 6.04 Å². The van der Waals surface area contributed by atoms with Crippen LogP contribution in [0, 0.1) is 5.92 Å². The summed E-state index contributed by atoms with van der Waals surface area (Å²) < 4.78 is 0. The lowest BCUT2D eigenvalue weighted by atomic mass is 10.0.